The highest BCUT2D eigenvalue weighted by Crippen LogP contribution is 2.35. The Morgan fingerprint density at radius 1 is 1.12 bits per heavy atom. The zero-order valence-corrected chi connectivity index (χ0v) is 19.6. The predicted octanol–water partition coefficient (Wildman–Crippen LogP) is 4.16. The van der Waals surface area contributed by atoms with Crippen LogP contribution in [0.15, 0.2) is 54.9 Å². The van der Waals surface area contributed by atoms with Crippen molar-refractivity contribution in [3.8, 4) is 22.8 Å². The van der Waals surface area contributed by atoms with Gasteiger partial charge in [-0.15, -0.1) is 0 Å². The van der Waals surface area contributed by atoms with Gasteiger partial charge in [0.25, 0.3) is 5.91 Å². The zero-order chi connectivity index (χ0) is 23.7. The summed E-state index contributed by atoms with van der Waals surface area (Å²) in [5.74, 6) is 1.32. The van der Waals surface area contributed by atoms with Crippen LogP contribution in [0, 0.1) is 0 Å². The molecule has 0 atom stereocenters. The molecule has 4 aromatic rings. The first-order valence-corrected chi connectivity index (χ1v) is 11.4. The van der Waals surface area contributed by atoms with Crippen molar-refractivity contribution in [1.29, 1.82) is 0 Å². The number of hydrogen-bond donors (Lipinski definition) is 0. The molecule has 0 aliphatic carbocycles. The molecule has 3 aromatic heterocycles. The highest BCUT2D eigenvalue weighted by molar-refractivity contribution is 6.06. The van der Waals surface area contributed by atoms with E-state index in [0.717, 1.165) is 16.6 Å². The first kappa shape index (κ1) is 21.9. The summed E-state index contributed by atoms with van der Waals surface area (Å²) in [6, 6.07) is 13.5. The van der Waals surface area contributed by atoms with Crippen LogP contribution < -0.4 is 9.47 Å². The number of benzene rings is 1. The number of hydrogen-bond acceptors (Lipinski definition) is 6. The Morgan fingerprint density at radius 2 is 1.94 bits per heavy atom. The molecule has 0 saturated heterocycles. The molecule has 5 rings (SSSR count). The van der Waals surface area contributed by atoms with Crippen LogP contribution in [0.5, 0.6) is 11.5 Å². The minimum atomic E-state index is -0.0783. The number of rotatable bonds is 6. The van der Waals surface area contributed by atoms with Crippen LogP contribution >= 0.6 is 0 Å². The second-order valence-corrected chi connectivity index (χ2v) is 8.63. The maximum Gasteiger partial charge on any atom is 0.254 e. The molecule has 0 N–H and O–H groups in total. The maximum absolute atomic E-state index is 13.6. The molecule has 1 amide bonds. The van der Waals surface area contributed by atoms with E-state index >= 15 is 0 Å². The van der Waals surface area contributed by atoms with Gasteiger partial charge >= 0.3 is 0 Å². The van der Waals surface area contributed by atoms with Crippen LogP contribution in [0.2, 0.25) is 0 Å². The summed E-state index contributed by atoms with van der Waals surface area (Å²) in [7, 11) is 1.81. The van der Waals surface area contributed by atoms with E-state index in [1.807, 2.05) is 68.0 Å². The average molecular weight is 458 g/mol. The summed E-state index contributed by atoms with van der Waals surface area (Å²) in [6.07, 6.45) is 4.18. The first-order chi connectivity index (χ1) is 16.5. The van der Waals surface area contributed by atoms with Crippen molar-refractivity contribution in [1.82, 2.24) is 24.6 Å². The van der Waals surface area contributed by atoms with E-state index in [1.54, 1.807) is 17.3 Å². The van der Waals surface area contributed by atoms with E-state index in [1.165, 1.54) is 0 Å². The van der Waals surface area contributed by atoms with Crippen molar-refractivity contribution < 1.29 is 14.3 Å². The van der Waals surface area contributed by atoms with Crippen LogP contribution in [0.4, 0.5) is 0 Å². The number of aromatic nitrogens is 4. The van der Waals surface area contributed by atoms with Gasteiger partial charge in [-0.3, -0.25) is 9.78 Å². The summed E-state index contributed by atoms with van der Waals surface area (Å²) in [5, 5.41) is 5.26. The Morgan fingerprint density at radius 3 is 2.71 bits per heavy atom. The van der Waals surface area contributed by atoms with Crippen molar-refractivity contribution in [3.05, 3.63) is 66.1 Å². The SMILES string of the molecule is CC(C)n1ncc2c(C(=O)N(C)CCc3ccccn3)cc(-c3ccc4c(c3)OCCO4)nc21. The lowest BCUT2D eigenvalue weighted by Crippen LogP contribution is -2.29. The molecule has 1 aliphatic heterocycles. The Kier molecular flexibility index (Phi) is 5.88. The first-order valence-electron chi connectivity index (χ1n) is 11.4. The summed E-state index contributed by atoms with van der Waals surface area (Å²) in [5.41, 5.74) is 3.75. The minimum Gasteiger partial charge on any atom is -0.486 e. The van der Waals surface area contributed by atoms with Gasteiger partial charge in [-0.2, -0.15) is 5.10 Å². The van der Waals surface area contributed by atoms with E-state index < -0.39 is 0 Å². The number of carbonyl (C=O) groups is 1. The number of fused-ring (bicyclic) bond motifs is 2. The van der Waals surface area contributed by atoms with Crippen molar-refractivity contribution in [2.45, 2.75) is 26.3 Å². The highest BCUT2D eigenvalue weighted by Gasteiger charge is 2.22. The van der Waals surface area contributed by atoms with Gasteiger partial charge in [0.05, 0.1) is 22.8 Å². The molecule has 0 fully saturated rings. The largest absolute Gasteiger partial charge is 0.486 e. The minimum absolute atomic E-state index is 0.0783. The number of ether oxygens (including phenoxy) is 2. The van der Waals surface area contributed by atoms with Crippen molar-refractivity contribution in [2.24, 2.45) is 0 Å². The molecule has 4 heterocycles. The third-order valence-electron chi connectivity index (χ3n) is 5.90. The van der Waals surface area contributed by atoms with Gasteiger partial charge < -0.3 is 14.4 Å². The maximum atomic E-state index is 13.6. The predicted molar refractivity (Wildman–Crippen MR) is 129 cm³/mol. The molecule has 0 spiro atoms. The second-order valence-electron chi connectivity index (χ2n) is 8.63. The summed E-state index contributed by atoms with van der Waals surface area (Å²) in [4.78, 5) is 24.6. The molecule has 1 aliphatic rings. The monoisotopic (exact) mass is 457 g/mol. The van der Waals surface area contributed by atoms with E-state index in [2.05, 4.69) is 10.1 Å². The summed E-state index contributed by atoms with van der Waals surface area (Å²) >= 11 is 0. The molecule has 8 nitrogen and oxygen atoms in total. The van der Waals surface area contributed by atoms with Crippen LogP contribution in [0.25, 0.3) is 22.3 Å². The molecule has 174 valence electrons. The molecule has 0 radical (unpaired) electrons. The topological polar surface area (TPSA) is 82.4 Å². The lowest BCUT2D eigenvalue weighted by atomic mass is 10.0. The van der Waals surface area contributed by atoms with Gasteiger partial charge in [-0.25, -0.2) is 9.67 Å². The van der Waals surface area contributed by atoms with Crippen molar-refractivity contribution in [2.75, 3.05) is 26.8 Å². The lowest BCUT2D eigenvalue weighted by Gasteiger charge is -2.20. The molecular formula is C26H27N5O3. The van der Waals surface area contributed by atoms with Crippen molar-refractivity contribution in [3.63, 3.8) is 0 Å². The van der Waals surface area contributed by atoms with Crippen LogP contribution in [0.1, 0.15) is 35.9 Å². The molecule has 0 unspecified atom stereocenters. The van der Waals surface area contributed by atoms with Crippen LogP contribution in [-0.2, 0) is 6.42 Å². The number of amides is 1. The van der Waals surface area contributed by atoms with E-state index in [-0.39, 0.29) is 11.9 Å². The smallest absolute Gasteiger partial charge is 0.254 e. The van der Waals surface area contributed by atoms with Gasteiger partial charge in [0, 0.05) is 43.5 Å². The van der Waals surface area contributed by atoms with Gasteiger partial charge in [0.2, 0.25) is 0 Å². The molecule has 34 heavy (non-hydrogen) atoms. The highest BCUT2D eigenvalue weighted by atomic mass is 16.6. The summed E-state index contributed by atoms with van der Waals surface area (Å²) < 4.78 is 13.3. The van der Waals surface area contributed by atoms with Gasteiger partial charge in [0.1, 0.15) is 13.2 Å². The second kappa shape index (κ2) is 9.13. The Bertz CT molecular complexity index is 1330. The normalized spacial score (nSPS) is 12.8. The number of likely N-dealkylation sites (N-methyl/N-ethyl adjacent to an activating group) is 1. The molecule has 1 aromatic carbocycles. The molecule has 8 heteroatoms. The van der Waals surface area contributed by atoms with E-state index in [0.29, 0.717) is 54.6 Å². The fraction of sp³-hybridized carbons (Fsp3) is 0.308. The standard InChI is InChI=1S/C26H27N5O3/c1-17(2)31-25-21(16-28-31)20(26(32)30(3)11-9-19-6-4-5-10-27-19)15-22(29-25)18-7-8-23-24(14-18)34-13-12-33-23/h4-8,10,14-17H,9,11-13H2,1-3H3. The molecule has 0 bridgehead atoms. The van der Waals surface area contributed by atoms with Gasteiger partial charge in [0.15, 0.2) is 17.1 Å². The average Bonchev–Trinajstić information content (AvgIpc) is 3.31. The van der Waals surface area contributed by atoms with Gasteiger partial charge in [-0.05, 0) is 50.2 Å². The molecule has 0 saturated carbocycles. The van der Waals surface area contributed by atoms with Gasteiger partial charge in [-0.1, -0.05) is 6.07 Å². The Hall–Kier alpha value is -3.94. The van der Waals surface area contributed by atoms with E-state index in [9.17, 15) is 4.79 Å². The number of pyridine rings is 2. The zero-order valence-electron chi connectivity index (χ0n) is 19.6. The fourth-order valence-corrected chi connectivity index (χ4v) is 4.06. The Balaban J connectivity index is 1.53. The third-order valence-corrected chi connectivity index (χ3v) is 5.90. The Labute approximate surface area is 198 Å². The number of carbonyl (C=O) groups excluding carboxylic acids is 1. The quantitative estimate of drug-likeness (QED) is 0.432. The lowest BCUT2D eigenvalue weighted by molar-refractivity contribution is 0.0798. The van der Waals surface area contributed by atoms with Crippen LogP contribution in [0.3, 0.4) is 0 Å². The molecular weight excluding hydrogens is 430 g/mol. The number of nitrogens with zero attached hydrogens (tertiary/aromatic N) is 5. The van der Waals surface area contributed by atoms with Crippen molar-refractivity contribution >= 4 is 16.9 Å². The third kappa shape index (κ3) is 4.19. The summed E-state index contributed by atoms with van der Waals surface area (Å²) in [6.45, 7) is 5.69. The van der Waals surface area contributed by atoms with E-state index in [4.69, 9.17) is 14.5 Å². The fourth-order valence-electron chi connectivity index (χ4n) is 4.06. The van der Waals surface area contributed by atoms with Crippen LogP contribution in [-0.4, -0.2) is 57.4 Å².